The number of nitrogens with one attached hydrogen (secondary N) is 3. The summed E-state index contributed by atoms with van der Waals surface area (Å²) in [6, 6.07) is 15.9. The Balaban J connectivity index is 0.00000171. The van der Waals surface area contributed by atoms with Crippen LogP contribution in [0.3, 0.4) is 0 Å². The molecule has 2 aromatic heterocycles. The van der Waals surface area contributed by atoms with Crippen molar-refractivity contribution in [1.29, 1.82) is 0 Å². The number of aromatic nitrogens is 1. The monoisotopic (exact) mass is 461 g/mol. The first-order valence-corrected chi connectivity index (χ1v) is 9.43. The Morgan fingerprint density at radius 2 is 1.90 bits per heavy atom. The van der Waals surface area contributed by atoms with Gasteiger partial charge in [0.05, 0.1) is 12.8 Å². The molecule has 0 atom stereocenters. The van der Waals surface area contributed by atoms with Gasteiger partial charge in [0, 0.05) is 18.4 Å². The van der Waals surface area contributed by atoms with Gasteiger partial charge in [0.1, 0.15) is 18.1 Å². The van der Waals surface area contributed by atoms with Crippen molar-refractivity contribution in [3.63, 3.8) is 0 Å². The number of pyridine rings is 1. The molecular formula is C21H25Cl2N7O. The third-order valence-electron chi connectivity index (χ3n) is 4.37. The molecule has 164 valence electrons. The van der Waals surface area contributed by atoms with Crippen LogP contribution in [0.1, 0.15) is 16.9 Å². The van der Waals surface area contributed by atoms with Crippen molar-refractivity contribution in [3.8, 4) is 0 Å². The van der Waals surface area contributed by atoms with E-state index in [4.69, 9.17) is 10.2 Å². The summed E-state index contributed by atoms with van der Waals surface area (Å²) in [6.45, 7) is 2.09. The van der Waals surface area contributed by atoms with E-state index in [0.29, 0.717) is 18.3 Å². The number of guanidine groups is 2. The number of benzene rings is 1. The Morgan fingerprint density at radius 1 is 1.10 bits per heavy atom. The van der Waals surface area contributed by atoms with Gasteiger partial charge in [-0.15, -0.1) is 24.8 Å². The number of rotatable bonds is 6. The zero-order valence-electron chi connectivity index (χ0n) is 16.7. The van der Waals surface area contributed by atoms with Crippen molar-refractivity contribution in [1.82, 2.24) is 10.3 Å². The lowest BCUT2D eigenvalue weighted by molar-refractivity contribution is 0.513. The van der Waals surface area contributed by atoms with Crippen molar-refractivity contribution < 1.29 is 4.42 Å². The van der Waals surface area contributed by atoms with E-state index in [0.717, 1.165) is 42.5 Å². The van der Waals surface area contributed by atoms with Gasteiger partial charge in [0.15, 0.2) is 11.9 Å². The van der Waals surface area contributed by atoms with Gasteiger partial charge in [-0.1, -0.05) is 18.2 Å². The van der Waals surface area contributed by atoms with E-state index in [-0.39, 0.29) is 24.8 Å². The zero-order chi connectivity index (χ0) is 19.9. The molecule has 0 saturated carbocycles. The normalized spacial score (nSPS) is 12.8. The zero-order valence-corrected chi connectivity index (χ0v) is 18.4. The lowest BCUT2D eigenvalue weighted by Crippen LogP contribution is -2.26. The fourth-order valence-corrected chi connectivity index (χ4v) is 2.90. The largest absolute Gasteiger partial charge is 0.467 e. The van der Waals surface area contributed by atoms with Crippen LogP contribution in [0.5, 0.6) is 0 Å². The minimum Gasteiger partial charge on any atom is -0.467 e. The summed E-state index contributed by atoms with van der Waals surface area (Å²) in [6.07, 6.45) is 4.25. The topological polar surface area (TPSA) is 113 Å². The molecule has 0 amide bonds. The van der Waals surface area contributed by atoms with Crippen LogP contribution in [-0.4, -0.2) is 30.0 Å². The summed E-state index contributed by atoms with van der Waals surface area (Å²) in [5, 5.41) is 9.45. The van der Waals surface area contributed by atoms with Gasteiger partial charge >= 0.3 is 0 Å². The van der Waals surface area contributed by atoms with Gasteiger partial charge < -0.3 is 26.1 Å². The van der Waals surface area contributed by atoms with E-state index in [2.05, 4.69) is 55.2 Å². The van der Waals surface area contributed by atoms with Gasteiger partial charge in [0.2, 0.25) is 0 Å². The van der Waals surface area contributed by atoms with E-state index in [1.165, 1.54) is 5.56 Å². The molecule has 0 unspecified atom stereocenters. The SMILES string of the molecule is Cl.Cl.NC(=NCc1ccco1)Nc1ccc(Cc2ccc(NC3=NCCN3)cc2)cn1. The van der Waals surface area contributed by atoms with Crippen LogP contribution in [0.4, 0.5) is 11.5 Å². The average Bonchev–Trinajstić information content (AvgIpc) is 3.44. The summed E-state index contributed by atoms with van der Waals surface area (Å²) in [5.74, 6) is 2.54. The van der Waals surface area contributed by atoms with Crippen LogP contribution in [0.2, 0.25) is 0 Å². The maximum Gasteiger partial charge on any atom is 0.195 e. The molecule has 5 N–H and O–H groups in total. The highest BCUT2D eigenvalue weighted by Crippen LogP contribution is 2.15. The number of nitrogens with zero attached hydrogens (tertiary/aromatic N) is 3. The number of furan rings is 1. The second-order valence-corrected chi connectivity index (χ2v) is 6.61. The highest BCUT2D eigenvalue weighted by Gasteiger charge is 2.05. The number of aliphatic imine (C=N–C) groups is 2. The summed E-state index contributed by atoms with van der Waals surface area (Å²) in [7, 11) is 0. The lowest BCUT2D eigenvalue weighted by atomic mass is 10.1. The predicted octanol–water partition coefficient (Wildman–Crippen LogP) is 3.41. The fourth-order valence-electron chi connectivity index (χ4n) is 2.90. The van der Waals surface area contributed by atoms with E-state index in [1.54, 1.807) is 6.26 Å². The fraction of sp³-hybridized carbons (Fsp3) is 0.190. The number of hydrogen-bond donors (Lipinski definition) is 4. The van der Waals surface area contributed by atoms with Crippen molar-refractivity contribution in [3.05, 3.63) is 77.9 Å². The number of nitrogens with two attached hydrogens (primary N) is 1. The highest BCUT2D eigenvalue weighted by molar-refractivity contribution is 5.94. The van der Waals surface area contributed by atoms with Crippen molar-refractivity contribution in [2.24, 2.45) is 15.7 Å². The molecule has 4 rings (SSSR count). The summed E-state index contributed by atoms with van der Waals surface area (Å²) >= 11 is 0. The van der Waals surface area contributed by atoms with E-state index in [1.807, 2.05) is 30.5 Å². The molecule has 3 aromatic rings. The Morgan fingerprint density at radius 3 is 2.55 bits per heavy atom. The smallest absolute Gasteiger partial charge is 0.195 e. The first kappa shape index (κ1) is 24.0. The number of hydrogen-bond acceptors (Lipinski definition) is 6. The van der Waals surface area contributed by atoms with Crippen LogP contribution < -0.4 is 21.7 Å². The average molecular weight is 462 g/mol. The second-order valence-electron chi connectivity index (χ2n) is 6.61. The Labute approximate surface area is 193 Å². The van der Waals surface area contributed by atoms with E-state index in [9.17, 15) is 0 Å². The van der Waals surface area contributed by atoms with Gasteiger partial charge in [-0.25, -0.2) is 9.98 Å². The van der Waals surface area contributed by atoms with Crippen LogP contribution in [0.15, 0.2) is 75.4 Å². The molecule has 0 radical (unpaired) electrons. The van der Waals surface area contributed by atoms with Gasteiger partial charge in [-0.3, -0.25) is 4.99 Å². The van der Waals surface area contributed by atoms with Gasteiger partial charge in [-0.2, -0.15) is 0 Å². The van der Waals surface area contributed by atoms with Gasteiger partial charge in [-0.05, 0) is 47.9 Å². The van der Waals surface area contributed by atoms with Crippen molar-refractivity contribution in [2.45, 2.75) is 13.0 Å². The maximum absolute atomic E-state index is 5.89. The molecule has 10 heteroatoms. The summed E-state index contributed by atoms with van der Waals surface area (Å²) in [4.78, 5) is 13.0. The third-order valence-corrected chi connectivity index (χ3v) is 4.37. The Kier molecular flexibility index (Phi) is 9.17. The number of halogens is 2. The molecule has 1 aliphatic rings. The van der Waals surface area contributed by atoms with Crippen LogP contribution in [-0.2, 0) is 13.0 Å². The predicted molar refractivity (Wildman–Crippen MR) is 130 cm³/mol. The van der Waals surface area contributed by atoms with Crippen LogP contribution in [0, 0.1) is 0 Å². The highest BCUT2D eigenvalue weighted by atomic mass is 35.5. The molecular weight excluding hydrogens is 437 g/mol. The molecule has 8 nitrogen and oxygen atoms in total. The Bertz CT molecular complexity index is 988. The molecule has 3 heterocycles. The molecule has 1 aliphatic heterocycles. The third kappa shape index (κ3) is 7.20. The first-order chi connectivity index (χ1) is 14.2. The standard InChI is InChI=1S/C21H23N7O.2ClH/c22-20(26-14-18-2-1-11-29-18)28-19-8-5-16(13-25-19)12-15-3-6-17(7-4-15)27-21-23-9-10-24-21;;/h1-8,11,13H,9-10,12,14H2,(H2,23,24,27)(H3,22,25,26,28);2*1H. The maximum atomic E-state index is 5.89. The van der Waals surface area contributed by atoms with E-state index >= 15 is 0 Å². The first-order valence-electron chi connectivity index (χ1n) is 9.43. The molecule has 0 aliphatic carbocycles. The minimum absolute atomic E-state index is 0. The molecule has 0 bridgehead atoms. The number of anilines is 2. The molecule has 0 spiro atoms. The summed E-state index contributed by atoms with van der Waals surface area (Å²) < 4.78 is 5.23. The van der Waals surface area contributed by atoms with Crippen molar-refractivity contribution >= 4 is 48.2 Å². The van der Waals surface area contributed by atoms with E-state index < -0.39 is 0 Å². The van der Waals surface area contributed by atoms with Crippen LogP contribution >= 0.6 is 24.8 Å². The molecule has 31 heavy (non-hydrogen) atoms. The summed E-state index contributed by atoms with van der Waals surface area (Å²) in [5.41, 5.74) is 9.23. The van der Waals surface area contributed by atoms with Crippen LogP contribution in [0.25, 0.3) is 0 Å². The molecule has 0 saturated heterocycles. The Hall–Kier alpha value is -3.23. The quantitative estimate of drug-likeness (QED) is 0.330. The second kappa shape index (κ2) is 11.8. The minimum atomic E-state index is 0. The molecule has 0 fully saturated rings. The lowest BCUT2D eigenvalue weighted by Gasteiger charge is -2.08. The van der Waals surface area contributed by atoms with Crippen molar-refractivity contribution in [2.75, 3.05) is 23.7 Å². The van der Waals surface area contributed by atoms with Gasteiger partial charge in [0.25, 0.3) is 0 Å². The molecule has 1 aromatic carbocycles.